The first-order valence-corrected chi connectivity index (χ1v) is 7.30. The summed E-state index contributed by atoms with van der Waals surface area (Å²) in [5.41, 5.74) is 1.75. The molecule has 5 nitrogen and oxygen atoms in total. The van der Waals surface area contributed by atoms with Crippen LogP contribution in [0, 0.1) is 5.92 Å². The van der Waals surface area contributed by atoms with Gasteiger partial charge in [-0.15, -0.1) is 5.10 Å². The van der Waals surface area contributed by atoms with Gasteiger partial charge in [-0.2, -0.15) is 0 Å². The highest BCUT2D eigenvalue weighted by molar-refractivity contribution is 5.95. The molecule has 0 spiro atoms. The lowest BCUT2D eigenvalue weighted by Crippen LogP contribution is -2.13. The molecule has 0 bridgehead atoms. The summed E-state index contributed by atoms with van der Waals surface area (Å²) in [5.74, 6) is 0.967. The van der Waals surface area contributed by atoms with Crippen LogP contribution in [0.15, 0.2) is 18.2 Å². The highest BCUT2D eigenvalue weighted by Crippen LogP contribution is 2.28. The number of hydrogen-bond acceptors (Lipinski definition) is 3. The summed E-state index contributed by atoms with van der Waals surface area (Å²) in [6.07, 6.45) is 0.572. The van der Waals surface area contributed by atoms with E-state index in [2.05, 4.69) is 10.4 Å². The van der Waals surface area contributed by atoms with Gasteiger partial charge in [0.15, 0.2) is 0 Å². The van der Waals surface area contributed by atoms with Crippen molar-refractivity contribution in [1.82, 2.24) is 9.78 Å². The van der Waals surface area contributed by atoms with E-state index >= 15 is 0 Å². The first-order chi connectivity index (χ1) is 9.86. The van der Waals surface area contributed by atoms with Gasteiger partial charge in [0.1, 0.15) is 0 Å². The van der Waals surface area contributed by atoms with Gasteiger partial charge in [-0.25, -0.2) is 0 Å². The molecule has 1 N–H and O–H groups in total. The van der Waals surface area contributed by atoms with Gasteiger partial charge in [0, 0.05) is 19.2 Å². The van der Waals surface area contributed by atoms with E-state index in [4.69, 9.17) is 4.74 Å². The standard InChI is InChI=1S/C16H23N3O2/c1-10(2)8-15(20)17-12-6-7-14-13(9-12)16(18-19(14)5)21-11(3)4/h6-7,9-11H,8H2,1-5H3,(H,17,20). The van der Waals surface area contributed by atoms with Crippen LogP contribution in [0.2, 0.25) is 0 Å². The van der Waals surface area contributed by atoms with Gasteiger partial charge < -0.3 is 10.1 Å². The molecule has 0 aliphatic rings. The summed E-state index contributed by atoms with van der Waals surface area (Å²) in [6, 6.07) is 5.75. The molecule has 1 aromatic heterocycles. The average Bonchev–Trinajstić information content (AvgIpc) is 2.64. The Bertz CT molecular complexity index is 644. The van der Waals surface area contributed by atoms with Crippen molar-refractivity contribution in [3.05, 3.63) is 18.2 Å². The van der Waals surface area contributed by atoms with Crippen LogP contribution in [0.5, 0.6) is 5.88 Å². The third-order valence-electron chi connectivity index (χ3n) is 3.04. The zero-order valence-electron chi connectivity index (χ0n) is 13.3. The summed E-state index contributed by atoms with van der Waals surface area (Å²) in [4.78, 5) is 11.9. The highest BCUT2D eigenvalue weighted by atomic mass is 16.5. The van der Waals surface area contributed by atoms with Gasteiger partial charge in [-0.1, -0.05) is 13.8 Å². The maximum Gasteiger partial charge on any atom is 0.241 e. The molecule has 2 aromatic rings. The van der Waals surface area contributed by atoms with Crippen LogP contribution in [-0.2, 0) is 11.8 Å². The lowest BCUT2D eigenvalue weighted by atomic mass is 10.1. The van der Waals surface area contributed by atoms with Crippen molar-refractivity contribution in [2.75, 3.05) is 5.32 Å². The Morgan fingerprint density at radius 2 is 2.05 bits per heavy atom. The summed E-state index contributed by atoms with van der Waals surface area (Å²) in [6.45, 7) is 7.99. The van der Waals surface area contributed by atoms with Gasteiger partial charge in [0.25, 0.3) is 0 Å². The van der Waals surface area contributed by atoms with Crippen molar-refractivity contribution < 1.29 is 9.53 Å². The largest absolute Gasteiger partial charge is 0.473 e. The van der Waals surface area contributed by atoms with Crippen LogP contribution in [0.4, 0.5) is 5.69 Å². The molecular weight excluding hydrogens is 266 g/mol. The maximum absolute atomic E-state index is 11.9. The predicted molar refractivity (Wildman–Crippen MR) is 84.6 cm³/mol. The molecule has 1 amide bonds. The lowest BCUT2D eigenvalue weighted by Gasteiger charge is -2.08. The van der Waals surface area contributed by atoms with Crippen LogP contribution < -0.4 is 10.1 Å². The molecule has 0 unspecified atom stereocenters. The molecule has 21 heavy (non-hydrogen) atoms. The Labute approximate surface area is 125 Å². The van der Waals surface area contributed by atoms with Crippen LogP contribution >= 0.6 is 0 Å². The molecular formula is C16H23N3O2. The lowest BCUT2D eigenvalue weighted by molar-refractivity contribution is -0.116. The molecule has 0 aliphatic heterocycles. The Kier molecular flexibility index (Phi) is 4.50. The Hall–Kier alpha value is -2.04. The maximum atomic E-state index is 11.9. The van der Waals surface area contributed by atoms with E-state index in [0.29, 0.717) is 18.2 Å². The number of carbonyl (C=O) groups is 1. The summed E-state index contributed by atoms with van der Waals surface area (Å²) < 4.78 is 7.51. The summed E-state index contributed by atoms with van der Waals surface area (Å²) >= 11 is 0. The van der Waals surface area contributed by atoms with E-state index in [1.165, 1.54) is 0 Å². The van der Waals surface area contributed by atoms with E-state index in [1.807, 2.05) is 52.9 Å². The van der Waals surface area contributed by atoms with Crippen LogP contribution in [-0.4, -0.2) is 21.8 Å². The topological polar surface area (TPSA) is 56.1 Å². The van der Waals surface area contributed by atoms with Crippen molar-refractivity contribution in [1.29, 1.82) is 0 Å². The minimum Gasteiger partial charge on any atom is -0.473 e. The Morgan fingerprint density at radius 1 is 1.33 bits per heavy atom. The van der Waals surface area contributed by atoms with Crippen LogP contribution in [0.25, 0.3) is 10.9 Å². The number of benzene rings is 1. The van der Waals surface area contributed by atoms with Crippen molar-refractivity contribution in [2.24, 2.45) is 13.0 Å². The molecule has 0 saturated heterocycles. The number of nitrogens with one attached hydrogen (secondary N) is 1. The molecule has 0 saturated carbocycles. The van der Waals surface area contributed by atoms with Crippen LogP contribution in [0.3, 0.4) is 0 Å². The fraction of sp³-hybridized carbons (Fsp3) is 0.500. The molecule has 0 aliphatic carbocycles. The second-order valence-electron chi connectivity index (χ2n) is 5.97. The fourth-order valence-electron chi connectivity index (χ4n) is 2.20. The van der Waals surface area contributed by atoms with E-state index in [-0.39, 0.29) is 12.0 Å². The van der Waals surface area contributed by atoms with Crippen molar-refractivity contribution in [3.8, 4) is 5.88 Å². The predicted octanol–water partition coefficient (Wildman–Crippen LogP) is 3.35. The van der Waals surface area contributed by atoms with Gasteiger partial charge >= 0.3 is 0 Å². The number of fused-ring (bicyclic) bond motifs is 1. The molecule has 5 heteroatoms. The van der Waals surface area contributed by atoms with E-state index < -0.39 is 0 Å². The van der Waals surface area contributed by atoms with Crippen molar-refractivity contribution >= 4 is 22.5 Å². The number of hydrogen-bond donors (Lipinski definition) is 1. The number of anilines is 1. The van der Waals surface area contributed by atoms with E-state index in [0.717, 1.165) is 16.6 Å². The molecule has 2 rings (SSSR count). The average molecular weight is 289 g/mol. The zero-order valence-corrected chi connectivity index (χ0v) is 13.3. The third-order valence-corrected chi connectivity index (χ3v) is 3.04. The molecule has 0 radical (unpaired) electrons. The van der Waals surface area contributed by atoms with E-state index in [1.54, 1.807) is 4.68 Å². The zero-order chi connectivity index (χ0) is 15.6. The second-order valence-corrected chi connectivity index (χ2v) is 5.97. The number of carbonyl (C=O) groups excluding carboxylic acids is 1. The summed E-state index contributed by atoms with van der Waals surface area (Å²) in [5, 5.41) is 8.21. The molecule has 114 valence electrons. The molecule has 0 fully saturated rings. The smallest absolute Gasteiger partial charge is 0.241 e. The molecule has 1 heterocycles. The SMILES string of the molecule is CC(C)CC(=O)Nc1ccc2c(c1)c(OC(C)C)nn2C. The van der Waals surface area contributed by atoms with Gasteiger partial charge in [-0.3, -0.25) is 9.48 Å². The number of amides is 1. The fourth-order valence-corrected chi connectivity index (χ4v) is 2.20. The number of rotatable bonds is 5. The highest BCUT2D eigenvalue weighted by Gasteiger charge is 2.13. The third kappa shape index (κ3) is 3.74. The number of aryl methyl sites for hydroxylation is 1. The molecule has 1 aromatic carbocycles. The van der Waals surface area contributed by atoms with Gasteiger partial charge in [0.05, 0.1) is 17.0 Å². The van der Waals surface area contributed by atoms with E-state index in [9.17, 15) is 4.79 Å². The first-order valence-electron chi connectivity index (χ1n) is 7.30. The Morgan fingerprint density at radius 3 is 2.67 bits per heavy atom. The van der Waals surface area contributed by atoms with Gasteiger partial charge in [-0.05, 0) is 38.0 Å². The first kappa shape index (κ1) is 15.4. The van der Waals surface area contributed by atoms with Crippen molar-refractivity contribution in [2.45, 2.75) is 40.2 Å². The van der Waals surface area contributed by atoms with Crippen molar-refractivity contribution in [3.63, 3.8) is 0 Å². The normalized spacial score (nSPS) is 11.4. The Balaban J connectivity index is 2.29. The minimum atomic E-state index is 0.0274. The quantitative estimate of drug-likeness (QED) is 0.918. The number of aromatic nitrogens is 2. The van der Waals surface area contributed by atoms with Gasteiger partial charge in [0.2, 0.25) is 11.8 Å². The minimum absolute atomic E-state index is 0.0274. The molecule has 0 atom stereocenters. The number of ether oxygens (including phenoxy) is 1. The van der Waals surface area contributed by atoms with Crippen LogP contribution in [0.1, 0.15) is 34.1 Å². The summed E-state index contributed by atoms with van der Waals surface area (Å²) in [7, 11) is 1.88. The number of nitrogens with zero attached hydrogens (tertiary/aromatic N) is 2. The second kappa shape index (κ2) is 6.16. The monoisotopic (exact) mass is 289 g/mol.